The van der Waals surface area contributed by atoms with Crippen LogP contribution in [0.5, 0.6) is 0 Å². The molecule has 0 aliphatic rings. The largest absolute Gasteiger partial charge is 0.416 e. The Morgan fingerprint density at radius 2 is 1.81 bits per heavy atom. The minimum atomic E-state index is -4.42. The van der Waals surface area contributed by atoms with Crippen molar-refractivity contribution in [1.82, 2.24) is 14.9 Å². The van der Waals surface area contributed by atoms with Crippen LogP contribution in [0.3, 0.4) is 0 Å². The van der Waals surface area contributed by atoms with Crippen LogP contribution in [-0.2, 0) is 12.6 Å². The van der Waals surface area contributed by atoms with Gasteiger partial charge in [0, 0.05) is 0 Å². The second-order valence-corrected chi connectivity index (χ2v) is 5.87. The summed E-state index contributed by atoms with van der Waals surface area (Å²) >= 11 is 0. The van der Waals surface area contributed by atoms with Crippen molar-refractivity contribution in [2.24, 2.45) is 0 Å². The topological polar surface area (TPSA) is 54.8 Å². The minimum Gasteiger partial charge on any atom is -0.244 e. The number of alkyl halides is 3. The highest BCUT2D eigenvalue weighted by Gasteiger charge is 2.31. The van der Waals surface area contributed by atoms with E-state index < -0.39 is 11.7 Å². The van der Waals surface area contributed by atoms with Gasteiger partial charge in [0.15, 0.2) is 11.2 Å². The standard InChI is InChI=1S/C18H13F3N4O/c1-2-13-16-17(26)24(12-9-7-11(8-10-12)18(19,20)21)23-25(16)15-6-4-3-5-14(15)22-13/h3-10H,2H2,1H3/p+1. The lowest BCUT2D eigenvalue weighted by Crippen LogP contribution is -2.28. The van der Waals surface area contributed by atoms with Gasteiger partial charge >= 0.3 is 11.7 Å². The molecule has 132 valence electrons. The number of nitrogens with zero attached hydrogens (tertiary/aromatic N) is 3. The van der Waals surface area contributed by atoms with Crippen molar-refractivity contribution in [3.63, 3.8) is 0 Å². The van der Waals surface area contributed by atoms with E-state index in [0.717, 1.165) is 17.6 Å². The normalized spacial score (nSPS) is 12.2. The summed E-state index contributed by atoms with van der Waals surface area (Å²) in [6, 6.07) is 11.8. The van der Waals surface area contributed by atoms with Gasteiger partial charge in [-0.15, -0.1) is 4.52 Å². The zero-order valence-corrected chi connectivity index (χ0v) is 13.7. The van der Waals surface area contributed by atoms with Gasteiger partial charge in [-0.3, -0.25) is 0 Å². The molecule has 0 aliphatic carbocycles. The Morgan fingerprint density at radius 1 is 1.12 bits per heavy atom. The molecule has 0 amide bonds. The third-order valence-corrected chi connectivity index (χ3v) is 4.27. The lowest BCUT2D eigenvalue weighted by molar-refractivity contribution is -0.556. The summed E-state index contributed by atoms with van der Waals surface area (Å²) in [4.78, 5) is 17.4. The van der Waals surface area contributed by atoms with Crippen molar-refractivity contribution in [3.8, 4) is 5.69 Å². The number of hydrogen-bond acceptors (Lipinski definition) is 2. The smallest absolute Gasteiger partial charge is 0.244 e. The summed E-state index contributed by atoms with van der Waals surface area (Å²) in [6.45, 7) is 1.89. The van der Waals surface area contributed by atoms with Crippen LogP contribution in [0, 0.1) is 0 Å². The number of aryl methyl sites for hydroxylation is 1. The van der Waals surface area contributed by atoms with E-state index in [1.54, 1.807) is 4.52 Å². The zero-order chi connectivity index (χ0) is 18.5. The number of nitrogens with one attached hydrogen (secondary N) is 1. The fraction of sp³-hybridized carbons (Fsp3) is 0.167. The number of aromatic amines is 1. The Morgan fingerprint density at radius 3 is 2.46 bits per heavy atom. The molecule has 2 aromatic heterocycles. The van der Waals surface area contributed by atoms with Gasteiger partial charge in [-0.05, 0) is 42.8 Å². The molecule has 0 aliphatic heterocycles. The van der Waals surface area contributed by atoms with Crippen LogP contribution in [0.1, 0.15) is 18.2 Å². The van der Waals surface area contributed by atoms with Gasteiger partial charge < -0.3 is 0 Å². The third kappa shape index (κ3) is 2.45. The molecule has 0 saturated heterocycles. The van der Waals surface area contributed by atoms with E-state index in [1.807, 2.05) is 31.2 Å². The summed E-state index contributed by atoms with van der Waals surface area (Å²) in [5, 5.41) is 2.96. The fourth-order valence-corrected chi connectivity index (χ4v) is 2.99. The van der Waals surface area contributed by atoms with Gasteiger partial charge in [0.25, 0.3) is 5.52 Å². The Balaban J connectivity index is 1.99. The van der Waals surface area contributed by atoms with E-state index in [0.29, 0.717) is 28.8 Å². The van der Waals surface area contributed by atoms with Crippen LogP contribution >= 0.6 is 0 Å². The van der Waals surface area contributed by atoms with Gasteiger partial charge in [0.05, 0.1) is 11.3 Å². The molecular formula is C18H14F3N4O+. The summed E-state index contributed by atoms with van der Waals surface area (Å²) in [5.74, 6) is 0. The molecule has 0 atom stereocenters. The lowest BCUT2D eigenvalue weighted by Gasteiger charge is -2.05. The Hall–Kier alpha value is -3.16. The first kappa shape index (κ1) is 16.3. The fourth-order valence-electron chi connectivity index (χ4n) is 2.99. The molecule has 1 N–H and O–H groups in total. The summed E-state index contributed by atoms with van der Waals surface area (Å²) < 4.78 is 41.1. The molecule has 4 aromatic rings. The highest BCUT2D eigenvalue weighted by atomic mass is 19.4. The molecule has 2 aromatic carbocycles. The predicted molar refractivity (Wildman–Crippen MR) is 89.2 cm³/mol. The second-order valence-electron chi connectivity index (χ2n) is 5.87. The molecule has 0 spiro atoms. The van der Waals surface area contributed by atoms with Gasteiger partial charge in [-0.1, -0.05) is 29.0 Å². The molecule has 4 rings (SSSR count). The summed E-state index contributed by atoms with van der Waals surface area (Å²) in [7, 11) is 0. The molecule has 0 unspecified atom stereocenters. The van der Waals surface area contributed by atoms with Gasteiger partial charge in [0.1, 0.15) is 5.52 Å². The molecule has 8 heteroatoms. The monoisotopic (exact) mass is 359 g/mol. The van der Waals surface area contributed by atoms with Crippen molar-refractivity contribution in [1.29, 1.82) is 0 Å². The highest BCUT2D eigenvalue weighted by Crippen LogP contribution is 2.29. The summed E-state index contributed by atoms with van der Waals surface area (Å²) in [5.41, 5.74) is 1.63. The number of H-pyrrole nitrogens is 1. The number of aromatic nitrogens is 4. The van der Waals surface area contributed by atoms with Crippen molar-refractivity contribution in [3.05, 3.63) is 70.1 Å². The van der Waals surface area contributed by atoms with Crippen LogP contribution in [0.15, 0.2) is 53.3 Å². The van der Waals surface area contributed by atoms with Crippen LogP contribution in [-0.4, -0.2) is 14.9 Å². The first-order chi connectivity index (χ1) is 12.4. The molecule has 2 heterocycles. The van der Waals surface area contributed by atoms with E-state index in [-0.39, 0.29) is 5.56 Å². The predicted octanol–water partition coefficient (Wildman–Crippen LogP) is 3.03. The Kier molecular flexibility index (Phi) is 3.57. The SMILES string of the molecule is CCc1nc2ccccc2[n+]2[nH]n(-c3ccc(C(F)(F)F)cc3)c(=O)c12. The molecule has 0 bridgehead atoms. The molecule has 0 fully saturated rings. The number of fused-ring (bicyclic) bond motifs is 3. The van der Waals surface area contributed by atoms with Gasteiger partial charge in [-0.2, -0.15) is 13.2 Å². The van der Waals surface area contributed by atoms with Crippen molar-refractivity contribution >= 4 is 16.6 Å². The first-order valence-corrected chi connectivity index (χ1v) is 8.02. The van der Waals surface area contributed by atoms with Crippen LogP contribution in [0.25, 0.3) is 22.2 Å². The van der Waals surface area contributed by atoms with Crippen molar-refractivity contribution < 1.29 is 17.7 Å². The van der Waals surface area contributed by atoms with Crippen molar-refractivity contribution in [2.75, 3.05) is 0 Å². The van der Waals surface area contributed by atoms with Crippen LogP contribution < -0.4 is 10.1 Å². The maximum Gasteiger partial charge on any atom is 0.416 e. The number of benzene rings is 2. The van der Waals surface area contributed by atoms with E-state index in [1.165, 1.54) is 16.8 Å². The maximum absolute atomic E-state index is 12.9. The van der Waals surface area contributed by atoms with Crippen LogP contribution in [0.2, 0.25) is 0 Å². The molecule has 0 saturated carbocycles. The number of hydrogen-bond donors (Lipinski definition) is 1. The zero-order valence-electron chi connectivity index (χ0n) is 13.7. The van der Waals surface area contributed by atoms with E-state index in [2.05, 4.69) is 10.2 Å². The van der Waals surface area contributed by atoms with Crippen molar-refractivity contribution in [2.45, 2.75) is 19.5 Å². The quantitative estimate of drug-likeness (QED) is 0.560. The highest BCUT2D eigenvalue weighted by molar-refractivity contribution is 5.72. The number of rotatable bonds is 2. The van der Waals surface area contributed by atoms with Crippen LogP contribution in [0.4, 0.5) is 13.2 Å². The third-order valence-electron chi connectivity index (χ3n) is 4.27. The Bertz CT molecular complexity index is 1170. The molecule has 26 heavy (non-hydrogen) atoms. The average Bonchev–Trinajstić information content (AvgIpc) is 2.98. The second kappa shape index (κ2) is 5.69. The molecule has 5 nitrogen and oxygen atoms in total. The molecular weight excluding hydrogens is 345 g/mol. The van der Waals surface area contributed by atoms with Gasteiger partial charge in [-0.25, -0.2) is 9.78 Å². The average molecular weight is 359 g/mol. The summed E-state index contributed by atoms with van der Waals surface area (Å²) in [6.07, 6.45) is -3.87. The number of halogens is 3. The first-order valence-electron chi connectivity index (χ1n) is 8.02. The molecule has 0 radical (unpaired) electrons. The Labute approximate surface area is 145 Å². The maximum atomic E-state index is 12.9. The number of para-hydroxylation sites is 2. The lowest BCUT2D eigenvalue weighted by atomic mass is 10.2. The van der Waals surface area contributed by atoms with Gasteiger partial charge in [0.2, 0.25) is 0 Å². The van der Waals surface area contributed by atoms with E-state index >= 15 is 0 Å². The minimum absolute atomic E-state index is 0.317. The van der Waals surface area contributed by atoms with E-state index in [4.69, 9.17) is 0 Å². The van der Waals surface area contributed by atoms with E-state index in [9.17, 15) is 18.0 Å².